The number of urea groups is 1. The summed E-state index contributed by atoms with van der Waals surface area (Å²) >= 11 is 0. The minimum Gasteiger partial charge on any atom is -0.494 e. The first-order valence-electron chi connectivity index (χ1n) is 9.17. The highest BCUT2D eigenvalue weighted by Gasteiger charge is 2.39. The van der Waals surface area contributed by atoms with E-state index < -0.39 is 18.0 Å². The Morgan fingerprint density at radius 3 is 2.56 bits per heavy atom. The molecule has 1 aliphatic heterocycles. The van der Waals surface area contributed by atoms with Crippen LogP contribution in [0.4, 0.5) is 10.5 Å². The van der Waals surface area contributed by atoms with Crippen LogP contribution >= 0.6 is 0 Å². The van der Waals surface area contributed by atoms with Crippen LogP contribution in [0.3, 0.4) is 0 Å². The van der Waals surface area contributed by atoms with Gasteiger partial charge in [0.25, 0.3) is 5.91 Å². The van der Waals surface area contributed by atoms with Crippen LogP contribution in [0.25, 0.3) is 0 Å². The molecule has 2 N–H and O–H groups in total. The van der Waals surface area contributed by atoms with Crippen molar-refractivity contribution in [3.05, 3.63) is 18.2 Å². The summed E-state index contributed by atoms with van der Waals surface area (Å²) in [7, 11) is 0. The van der Waals surface area contributed by atoms with Gasteiger partial charge in [0.1, 0.15) is 24.1 Å². The molecule has 27 heavy (non-hydrogen) atoms. The molecule has 0 aliphatic carbocycles. The number of nitrogens with zero attached hydrogens (tertiary/aromatic N) is 1. The lowest BCUT2D eigenvalue weighted by Gasteiger charge is -2.16. The van der Waals surface area contributed by atoms with E-state index in [-0.39, 0.29) is 18.4 Å². The molecule has 4 amide bonds. The van der Waals surface area contributed by atoms with Crippen molar-refractivity contribution < 1.29 is 23.9 Å². The van der Waals surface area contributed by atoms with Gasteiger partial charge in [0.15, 0.2) is 0 Å². The number of amides is 4. The van der Waals surface area contributed by atoms with E-state index >= 15 is 0 Å². The van der Waals surface area contributed by atoms with E-state index in [0.29, 0.717) is 36.8 Å². The third-order valence-electron chi connectivity index (χ3n) is 3.95. The predicted molar refractivity (Wildman–Crippen MR) is 101 cm³/mol. The van der Waals surface area contributed by atoms with Crippen molar-refractivity contribution in [1.29, 1.82) is 0 Å². The maximum atomic E-state index is 12.4. The van der Waals surface area contributed by atoms with Crippen LogP contribution in [-0.4, -0.2) is 48.5 Å². The molecule has 1 heterocycles. The first-order chi connectivity index (χ1) is 12.8. The molecular formula is C19H27N3O5. The standard InChI is InChI=1S/C19H27N3O5/c1-5-26-13-7-8-16(27-6-2)14(10-13)20-17(23)11-22-18(24)15(9-12(3)4)21-19(22)25/h7-8,10,12,15H,5-6,9,11H2,1-4H3,(H,20,23)(H,21,25). The number of hydrogen-bond donors (Lipinski definition) is 2. The van der Waals surface area contributed by atoms with E-state index in [1.54, 1.807) is 18.2 Å². The van der Waals surface area contributed by atoms with Crippen molar-refractivity contribution >= 4 is 23.5 Å². The van der Waals surface area contributed by atoms with Gasteiger partial charge in [-0.05, 0) is 38.3 Å². The van der Waals surface area contributed by atoms with Crippen LogP contribution in [0.2, 0.25) is 0 Å². The topological polar surface area (TPSA) is 97.0 Å². The van der Waals surface area contributed by atoms with Crippen LogP contribution in [-0.2, 0) is 9.59 Å². The molecular weight excluding hydrogens is 350 g/mol. The Balaban J connectivity index is 2.07. The van der Waals surface area contributed by atoms with E-state index in [1.807, 2.05) is 27.7 Å². The van der Waals surface area contributed by atoms with Gasteiger partial charge < -0.3 is 20.1 Å². The second kappa shape index (κ2) is 9.25. The van der Waals surface area contributed by atoms with Crippen molar-refractivity contribution in [2.45, 2.75) is 40.2 Å². The summed E-state index contributed by atoms with van der Waals surface area (Å²) in [5, 5.41) is 5.32. The molecule has 0 saturated carbocycles. The van der Waals surface area contributed by atoms with Crippen molar-refractivity contribution in [2.24, 2.45) is 5.92 Å². The Bertz CT molecular complexity index is 705. The highest BCUT2D eigenvalue weighted by molar-refractivity contribution is 6.08. The zero-order valence-electron chi connectivity index (χ0n) is 16.2. The monoisotopic (exact) mass is 377 g/mol. The van der Waals surface area contributed by atoms with Gasteiger partial charge in [0, 0.05) is 6.07 Å². The maximum absolute atomic E-state index is 12.4. The van der Waals surface area contributed by atoms with Crippen LogP contribution in [0.15, 0.2) is 18.2 Å². The van der Waals surface area contributed by atoms with Crippen LogP contribution in [0.5, 0.6) is 11.5 Å². The number of benzene rings is 1. The first-order valence-corrected chi connectivity index (χ1v) is 9.17. The Morgan fingerprint density at radius 2 is 1.93 bits per heavy atom. The van der Waals surface area contributed by atoms with Crippen LogP contribution in [0, 0.1) is 5.92 Å². The summed E-state index contributed by atoms with van der Waals surface area (Å²) in [4.78, 5) is 37.8. The Labute approximate surface area is 159 Å². The van der Waals surface area contributed by atoms with Gasteiger partial charge in [-0.25, -0.2) is 4.79 Å². The lowest BCUT2D eigenvalue weighted by molar-refractivity contribution is -0.131. The Hall–Kier alpha value is -2.77. The number of ether oxygens (including phenoxy) is 2. The number of anilines is 1. The van der Waals surface area contributed by atoms with Gasteiger partial charge in [0.05, 0.1) is 18.9 Å². The molecule has 1 aromatic rings. The predicted octanol–water partition coefficient (Wildman–Crippen LogP) is 2.39. The fourth-order valence-corrected chi connectivity index (χ4v) is 2.84. The van der Waals surface area contributed by atoms with Gasteiger partial charge in [-0.15, -0.1) is 0 Å². The second-order valence-electron chi connectivity index (χ2n) is 6.63. The molecule has 1 saturated heterocycles. The fourth-order valence-electron chi connectivity index (χ4n) is 2.84. The van der Waals surface area contributed by atoms with E-state index in [1.165, 1.54) is 0 Å². The Morgan fingerprint density at radius 1 is 1.22 bits per heavy atom. The number of rotatable bonds is 9. The lowest BCUT2D eigenvalue weighted by atomic mass is 10.0. The second-order valence-corrected chi connectivity index (χ2v) is 6.63. The average molecular weight is 377 g/mol. The molecule has 2 rings (SSSR count). The third-order valence-corrected chi connectivity index (χ3v) is 3.95. The SMILES string of the molecule is CCOc1ccc(OCC)c(NC(=O)CN2C(=O)NC(CC(C)C)C2=O)c1. The zero-order chi connectivity index (χ0) is 20.0. The van der Waals surface area contributed by atoms with Gasteiger partial charge >= 0.3 is 6.03 Å². The molecule has 148 valence electrons. The summed E-state index contributed by atoms with van der Waals surface area (Å²) in [6, 6.07) is 3.98. The first kappa shape index (κ1) is 20.5. The van der Waals surface area contributed by atoms with E-state index in [4.69, 9.17) is 9.47 Å². The van der Waals surface area contributed by atoms with Crippen molar-refractivity contribution in [3.63, 3.8) is 0 Å². The summed E-state index contributed by atoms with van der Waals surface area (Å²) in [6.45, 7) is 8.19. The highest BCUT2D eigenvalue weighted by atomic mass is 16.5. The van der Waals surface area contributed by atoms with Crippen LogP contribution in [0.1, 0.15) is 34.1 Å². The maximum Gasteiger partial charge on any atom is 0.325 e. The number of nitrogens with one attached hydrogen (secondary N) is 2. The quantitative estimate of drug-likeness (QED) is 0.644. The summed E-state index contributed by atoms with van der Waals surface area (Å²) < 4.78 is 11.0. The number of hydrogen-bond acceptors (Lipinski definition) is 5. The minimum atomic E-state index is -0.578. The molecule has 0 spiro atoms. The summed E-state index contributed by atoms with van der Waals surface area (Å²) in [5.41, 5.74) is 0.429. The van der Waals surface area contributed by atoms with Crippen molar-refractivity contribution in [2.75, 3.05) is 25.1 Å². The molecule has 1 aliphatic rings. The summed E-state index contributed by atoms with van der Waals surface area (Å²) in [6.07, 6.45) is 0.535. The normalized spacial score (nSPS) is 16.5. The van der Waals surface area contributed by atoms with E-state index in [0.717, 1.165) is 4.90 Å². The molecule has 0 radical (unpaired) electrons. The summed E-state index contributed by atoms with van der Waals surface area (Å²) in [5.74, 6) is 0.464. The molecule has 1 atom stereocenters. The van der Waals surface area contributed by atoms with Gasteiger partial charge in [-0.3, -0.25) is 14.5 Å². The molecule has 8 nitrogen and oxygen atoms in total. The number of carbonyl (C=O) groups excluding carboxylic acids is 3. The third kappa shape index (κ3) is 5.35. The van der Waals surface area contributed by atoms with Gasteiger partial charge in [-0.2, -0.15) is 0 Å². The number of imide groups is 1. The lowest BCUT2D eigenvalue weighted by Crippen LogP contribution is -2.38. The number of carbonyl (C=O) groups is 3. The molecule has 1 fully saturated rings. The molecule has 0 bridgehead atoms. The molecule has 8 heteroatoms. The zero-order valence-corrected chi connectivity index (χ0v) is 16.2. The van der Waals surface area contributed by atoms with Gasteiger partial charge in [0.2, 0.25) is 5.91 Å². The fraction of sp³-hybridized carbons (Fsp3) is 0.526. The largest absolute Gasteiger partial charge is 0.494 e. The Kier molecular flexibility index (Phi) is 7.04. The highest BCUT2D eigenvalue weighted by Crippen LogP contribution is 2.29. The van der Waals surface area contributed by atoms with E-state index in [2.05, 4.69) is 10.6 Å². The minimum absolute atomic E-state index is 0.253. The van der Waals surface area contributed by atoms with Crippen LogP contribution < -0.4 is 20.1 Å². The van der Waals surface area contributed by atoms with Crippen molar-refractivity contribution in [1.82, 2.24) is 10.2 Å². The average Bonchev–Trinajstić information content (AvgIpc) is 2.84. The molecule has 1 aromatic carbocycles. The van der Waals surface area contributed by atoms with E-state index in [9.17, 15) is 14.4 Å². The smallest absolute Gasteiger partial charge is 0.325 e. The van der Waals surface area contributed by atoms with Gasteiger partial charge in [-0.1, -0.05) is 13.8 Å². The molecule has 0 aromatic heterocycles. The van der Waals surface area contributed by atoms with Crippen molar-refractivity contribution in [3.8, 4) is 11.5 Å². The molecule has 1 unspecified atom stereocenters.